The second kappa shape index (κ2) is 6.26. The molecule has 2 aromatic rings. The molecular weight excluding hydrogens is 286 g/mol. The molecule has 0 amide bonds. The Bertz CT molecular complexity index is 710. The topological polar surface area (TPSA) is 26.3 Å². The van der Waals surface area contributed by atoms with Crippen LogP contribution < -0.4 is 4.74 Å². The minimum absolute atomic E-state index is 0.118. The summed E-state index contributed by atoms with van der Waals surface area (Å²) in [5.41, 5.74) is 3.08. The van der Waals surface area contributed by atoms with Crippen LogP contribution in [0.1, 0.15) is 34.3 Å². The van der Waals surface area contributed by atoms with Crippen LogP contribution in [0, 0.1) is 11.6 Å². The molecule has 0 spiro atoms. The molecule has 114 valence electrons. The van der Waals surface area contributed by atoms with Crippen molar-refractivity contribution in [3.8, 4) is 5.75 Å². The third kappa shape index (κ3) is 3.16. The molecule has 0 saturated heterocycles. The van der Waals surface area contributed by atoms with Crippen LogP contribution in [0.25, 0.3) is 0 Å². The van der Waals surface area contributed by atoms with Crippen LogP contribution in [0.5, 0.6) is 5.75 Å². The second-order valence-corrected chi connectivity index (χ2v) is 5.48. The molecule has 2 aromatic carbocycles. The zero-order chi connectivity index (χ0) is 15.5. The van der Waals surface area contributed by atoms with Gasteiger partial charge in [0.1, 0.15) is 5.82 Å². The number of fused-ring (bicyclic) bond motifs is 1. The van der Waals surface area contributed by atoms with Gasteiger partial charge in [0, 0.05) is 11.6 Å². The Kier molecular flexibility index (Phi) is 4.18. The highest BCUT2D eigenvalue weighted by Gasteiger charge is 2.14. The number of hydrogen-bond acceptors (Lipinski definition) is 2. The van der Waals surface area contributed by atoms with Gasteiger partial charge in [0.05, 0.1) is 0 Å². The number of ether oxygens (including phenoxy) is 1. The maximum Gasteiger partial charge on any atom is 0.200 e. The van der Waals surface area contributed by atoms with E-state index in [0.29, 0.717) is 5.56 Å². The maximum absolute atomic E-state index is 13.5. The Morgan fingerprint density at radius 1 is 1.00 bits per heavy atom. The van der Waals surface area contributed by atoms with E-state index in [0.717, 1.165) is 31.4 Å². The van der Waals surface area contributed by atoms with Gasteiger partial charge in [0.15, 0.2) is 24.0 Å². The summed E-state index contributed by atoms with van der Waals surface area (Å²) in [5, 5.41) is 0. The SMILES string of the molecule is O=C(COc1ccc(F)cc1F)c1ccc2c(c1)CCCC2. The first kappa shape index (κ1) is 14.7. The Balaban J connectivity index is 1.69. The lowest BCUT2D eigenvalue weighted by Crippen LogP contribution is -2.13. The van der Waals surface area contributed by atoms with Crippen molar-refractivity contribution in [1.82, 2.24) is 0 Å². The zero-order valence-corrected chi connectivity index (χ0v) is 12.1. The average Bonchev–Trinajstić information content (AvgIpc) is 2.53. The predicted octanol–water partition coefficient (Wildman–Crippen LogP) is 4.11. The van der Waals surface area contributed by atoms with Gasteiger partial charge in [0.25, 0.3) is 0 Å². The van der Waals surface area contributed by atoms with E-state index in [4.69, 9.17) is 4.74 Å². The molecule has 1 aliphatic rings. The van der Waals surface area contributed by atoms with Crippen molar-refractivity contribution < 1.29 is 18.3 Å². The van der Waals surface area contributed by atoms with Gasteiger partial charge in [-0.25, -0.2) is 8.78 Å². The van der Waals surface area contributed by atoms with E-state index in [1.54, 1.807) is 6.07 Å². The third-order valence-electron chi connectivity index (χ3n) is 3.92. The van der Waals surface area contributed by atoms with E-state index in [1.807, 2.05) is 12.1 Å². The molecule has 0 fully saturated rings. The largest absolute Gasteiger partial charge is 0.482 e. The van der Waals surface area contributed by atoms with Crippen LogP contribution in [-0.4, -0.2) is 12.4 Å². The summed E-state index contributed by atoms with van der Waals surface area (Å²) in [6, 6.07) is 8.70. The molecule has 0 saturated carbocycles. The van der Waals surface area contributed by atoms with E-state index in [-0.39, 0.29) is 18.1 Å². The molecule has 2 nitrogen and oxygen atoms in total. The molecule has 0 unspecified atom stereocenters. The Morgan fingerprint density at radius 2 is 1.77 bits per heavy atom. The molecule has 3 rings (SSSR count). The van der Waals surface area contributed by atoms with Gasteiger partial charge in [0.2, 0.25) is 0 Å². The minimum atomic E-state index is -0.807. The molecule has 0 aliphatic heterocycles. The molecule has 0 heterocycles. The highest BCUT2D eigenvalue weighted by atomic mass is 19.1. The lowest BCUT2D eigenvalue weighted by atomic mass is 9.90. The minimum Gasteiger partial charge on any atom is -0.482 e. The van der Waals surface area contributed by atoms with Crippen LogP contribution in [0.3, 0.4) is 0 Å². The Labute approximate surface area is 127 Å². The van der Waals surface area contributed by atoms with Crippen molar-refractivity contribution in [2.75, 3.05) is 6.61 Å². The number of aryl methyl sites for hydroxylation is 2. The number of carbonyl (C=O) groups excluding carboxylic acids is 1. The number of hydrogen-bond donors (Lipinski definition) is 0. The summed E-state index contributed by atoms with van der Waals surface area (Å²) in [6.07, 6.45) is 4.38. The van der Waals surface area contributed by atoms with Crippen LogP contribution in [0.15, 0.2) is 36.4 Å². The predicted molar refractivity (Wildman–Crippen MR) is 79.3 cm³/mol. The Hall–Kier alpha value is -2.23. The number of halogens is 2. The monoisotopic (exact) mass is 302 g/mol. The summed E-state index contributed by atoms with van der Waals surface area (Å²) in [4.78, 5) is 12.2. The van der Waals surface area contributed by atoms with Gasteiger partial charge in [-0.1, -0.05) is 12.1 Å². The first-order valence-electron chi connectivity index (χ1n) is 7.36. The first-order valence-corrected chi connectivity index (χ1v) is 7.36. The van der Waals surface area contributed by atoms with E-state index >= 15 is 0 Å². The fourth-order valence-electron chi connectivity index (χ4n) is 2.73. The van der Waals surface area contributed by atoms with Gasteiger partial charge >= 0.3 is 0 Å². The average molecular weight is 302 g/mol. The van der Waals surface area contributed by atoms with Crippen LogP contribution >= 0.6 is 0 Å². The van der Waals surface area contributed by atoms with E-state index in [9.17, 15) is 13.6 Å². The quantitative estimate of drug-likeness (QED) is 0.795. The van der Waals surface area contributed by atoms with Crippen molar-refractivity contribution >= 4 is 5.78 Å². The molecule has 0 bridgehead atoms. The molecule has 0 radical (unpaired) electrons. The van der Waals surface area contributed by atoms with Crippen LogP contribution in [-0.2, 0) is 12.8 Å². The smallest absolute Gasteiger partial charge is 0.200 e. The van der Waals surface area contributed by atoms with E-state index < -0.39 is 11.6 Å². The number of ketones is 1. The highest BCUT2D eigenvalue weighted by molar-refractivity contribution is 5.97. The third-order valence-corrected chi connectivity index (χ3v) is 3.92. The Morgan fingerprint density at radius 3 is 2.55 bits per heavy atom. The van der Waals surface area contributed by atoms with Gasteiger partial charge in [-0.3, -0.25) is 4.79 Å². The lowest BCUT2D eigenvalue weighted by Gasteiger charge is -2.16. The second-order valence-electron chi connectivity index (χ2n) is 5.48. The number of benzene rings is 2. The van der Waals surface area contributed by atoms with Gasteiger partial charge in [-0.05, 0) is 55.0 Å². The van der Waals surface area contributed by atoms with E-state index in [2.05, 4.69) is 0 Å². The normalized spacial score (nSPS) is 13.5. The number of carbonyl (C=O) groups is 1. The summed E-state index contributed by atoms with van der Waals surface area (Å²) in [5.74, 6) is -1.81. The summed E-state index contributed by atoms with van der Waals surface area (Å²) < 4.78 is 31.4. The van der Waals surface area contributed by atoms with Crippen molar-refractivity contribution in [2.45, 2.75) is 25.7 Å². The van der Waals surface area contributed by atoms with Crippen molar-refractivity contribution in [3.63, 3.8) is 0 Å². The number of rotatable bonds is 4. The van der Waals surface area contributed by atoms with E-state index in [1.165, 1.54) is 23.6 Å². The molecular formula is C18H16F2O2. The fraction of sp³-hybridized carbons (Fsp3) is 0.278. The molecule has 22 heavy (non-hydrogen) atoms. The first-order chi connectivity index (χ1) is 10.6. The number of Topliss-reactive ketones (excluding diaryl/α,β-unsaturated/α-hetero) is 1. The lowest BCUT2D eigenvalue weighted by molar-refractivity contribution is 0.0918. The van der Waals surface area contributed by atoms with Crippen molar-refractivity contribution in [2.24, 2.45) is 0 Å². The van der Waals surface area contributed by atoms with Crippen molar-refractivity contribution in [1.29, 1.82) is 0 Å². The summed E-state index contributed by atoms with van der Waals surface area (Å²) in [7, 11) is 0. The zero-order valence-electron chi connectivity index (χ0n) is 12.1. The molecule has 0 N–H and O–H groups in total. The summed E-state index contributed by atoms with van der Waals surface area (Å²) >= 11 is 0. The van der Waals surface area contributed by atoms with Crippen LogP contribution in [0.2, 0.25) is 0 Å². The van der Waals surface area contributed by atoms with Crippen molar-refractivity contribution in [3.05, 3.63) is 64.7 Å². The standard InChI is InChI=1S/C18H16F2O2/c19-15-7-8-18(16(20)10-15)22-11-17(21)14-6-5-12-3-1-2-4-13(12)9-14/h5-10H,1-4,11H2. The molecule has 4 heteroatoms. The molecule has 0 atom stereocenters. The van der Waals surface area contributed by atoms with Gasteiger partial charge in [-0.2, -0.15) is 0 Å². The fourth-order valence-corrected chi connectivity index (χ4v) is 2.73. The molecule has 0 aromatic heterocycles. The summed E-state index contributed by atoms with van der Waals surface area (Å²) in [6.45, 7) is -0.263. The molecule has 1 aliphatic carbocycles. The van der Waals surface area contributed by atoms with Crippen LogP contribution in [0.4, 0.5) is 8.78 Å². The van der Waals surface area contributed by atoms with Gasteiger partial charge < -0.3 is 4.74 Å². The highest BCUT2D eigenvalue weighted by Crippen LogP contribution is 2.23. The van der Waals surface area contributed by atoms with Gasteiger partial charge in [-0.15, -0.1) is 0 Å². The maximum atomic E-state index is 13.5.